The maximum Gasteiger partial charge on any atom is 0.416 e. The number of ether oxygens (including phenoxy) is 1. The molecule has 0 heterocycles. The summed E-state index contributed by atoms with van der Waals surface area (Å²) in [7, 11) is 1.60. The first kappa shape index (κ1) is 21.8. The van der Waals surface area contributed by atoms with Crippen LogP contribution in [-0.4, -0.2) is 20.4 Å². The Balaban J connectivity index is 2.55. The Morgan fingerprint density at radius 1 is 1.24 bits per heavy atom. The van der Waals surface area contributed by atoms with E-state index in [0.717, 1.165) is 12.1 Å². The fraction of sp³-hybridized carbons (Fsp3) is 0.182. The number of hydrogen-bond donors (Lipinski definition) is 1. The summed E-state index contributed by atoms with van der Waals surface area (Å²) in [4.78, 5) is 3.96. The van der Waals surface area contributed by atoms with Crippen molar-refractivity contribution in [2.45, 2.75) is 13.1 Å². The van der Waals surface area contributed by atoms with Crippen LogP contribution in [-0.2, 0) is 6.18 Å². The van der Waals surface area contributed by atoms with E-state index in [1.807, 2.05) is 13.0 Å². The third-order valence-corrected chi connectivity index (χ3v) is 4.02. The summed E-state index contributed by atoms with van der Waals surface area (Å²) in [5.41, 5.74) is 1.42. The summed E-state index contributed by atoms with van der Waals surface area (Å²) in [6, 6.07) is 12.3. The Bertz CT molecular complexity index is 986. The van der Waals surface area contributed by atoms with E-state index in [0.29, 0.717) is 34.7 Å². The fourth-order valence-corrected chi connectivity index (χ4v) is 2.71. The van der Waals surface area contributed by atoms with Gasteiger partial charge in [0.1, 0.15) is 23.2 Å². The molecule has 2 aromatic carbocycles. The van der Waals surface area contributed by atoms with E-state index in [9.17, 15) is 18.4 Å². The Morgan fingerprint density at radius 3 is 2.55 bits per heavy atom. The van der Waals surface area contributed by atoms with Crippen LogP contribution in [0.2, 0.25) is 0 Å². The van der Waals surface area contributed by atoms with E-state index in [4.69, 9.17) is 4.74 Å². The van der Waals surface area contributed by atoms with E-state index >= 15 is 0 Å². The molecule has 4 nitrogen and oxygen atoms in total. The molecule has 7 heteroatoms. The number of rotatable bonds is 7. The SMILES string of the molecule is C=N/C(=C(/C#N)NC)c1cccc(/C=C/c2cccc(C(F)(F)F)c2)c1OCC. The lowest BCUT2D eigenvalue weighted by molar-refractivity contribution is -0.137. The smallest absolute Gasteiger partial charge is 0.416 e. The van der Waals surface area contributed by atoms with Crippen molar-refractivity contribution in [3.63, 3.8) is 0 Å². The van der Waals surface area contributed by atoms with Gasteiger partial charge in [0.15, 0.2) is 0 Å². The molecule has 0 atom stereocenters. The number of allylic oxidation sites excluding steroid dienone is 1. The molecular weight excluding hydrogens is 379 g/mol. The second-order valence-corrected chi connectivity index (χ2v) is 5.86. The number of aliphatic imine (C=N–C) groups is 1. The van der Waals surface area contributed by atoms with Gasteiger partial charge in [0.25, 0.3) is 0 Å². The highest BCUT2D eigenvalue weighted by molar-refractivity contribution is 5.82. The van der Waals surface area contributed by atoms with Crippen molar-refractivity contribution in [2.24, 2.45) is 4.99 Å². The summed E-state index contributed by atoms with van der Waals surface area (Å²) < 4.78 is 44.5. The van der Waals surface area contributed by atoms with Gasteiger partial charge >= 0.3 is 6.18 Å². The highest BCUT2D eigenvalue weighted by Gasteiger charge is 2.30. The zero-order chi connectivity index (χ0) is 21.4. The molecule has 0 radical (unpaired) electrons. The molecule has 0 aromatic heterocycles. The van der Waals surface area contributed by atoms with Crippen LogP contribution in [0.5, 0.6) is 5.75 Å². The Morgan fingerprint density at radius 2 is 1.97 bits per heavy atom. The number of para-hydroxylation sites is 1. The van der Waals surface area contributed by atoms with E-state index < -0.39 is 11.7 Å². The Labute approximate surface area is 167 Å². The first-order valence-electron chi connectivity index (χ1n) is 8.76. The van der Waals surface area contributed by atoms with Gasteiger partial charge in [-0.2, -0.15) is 18.4 Å². The minimum Gasteiger partial charge on any atom is -0.493 e. The predicted molar refractivity (Wildman–Crippen MR) is 109 cm³/mol. The predicted octanol–water partition coefficient (Wildman–Crippen LogP) is 5.39. The van der Waals surface area contributed by atoms with Crippen LogP contribution in [0.25, 0.3) is 17.8 Å². The van der Waals surface area contributed by atoms with Crippen LogP contribution in [0, 0.1) is 11.3 Å². The molecule has 0 amide bonds. The molecule has 29 heavy (non-hydrogen) atoms. The third-order valence-electron chi connectivity index (χ3n) is 4.02. The van der Waals surface area contributed by atoms with Crippen LogP contribution in [0.3, 0.4) is 0 Å². The molecule has 1 N–H and O–H groups in total. The number of alkyl halides is 3. The Hall–Kier alpha value is -3.53. The normalized spacial score (nSPS) is 12.3. The molecular formula is C22H20F3N3O. The van der Waals surface area contributed by atoms with Gasteiger partial charge in [-0.15, -0.1) is 0 Å². The summed E-state index contributed by atoms with van der Waals surface area (Å²) in [6.07, 6.45) is -1.17. The number of benzene rings is 2. The van der Waals surface area contributed by atoms with E-state index in [1.54, 1.807) is 43.5 Å². The number of nitrogens with zero attached hydrogens (tertiary/aromatic N) is 2. The molecule has 0 unspecified atom stereocenters. The molecule has 0 spiro atoms. The van der Waals surface area contributed by atoms with Crippen LogP contribution in [0.15, 0.2) is 53.2 Å². The zero-order valence-corrected chi connectivity index (χ0v) is 16.0. The van der Waals surface area contributed by atoms with Gasteiger partial charge in [-0.1, -0.05) is 36.4 Å². The number of halogens is 3. The topological polar surface area (TPSA) is 57.4 Å². The fourth-order valence-electron chi connectivity index (χ4n) is 2.71. The highest BCUT2D eigenvalue weighted by Crippen LogP contribution is 2.34. The Kier molecular flexibility index (Phi) is 7.21. The van der Waals surface area contributed by atoms with Crippen LogP contribution in [0.4, 0.5) is 13.2 Å². The molecule has 0 fully saturated rings. The molecule has 0 aliphatic carbocycles. The van der Waals surface area contributed by atoms with E-state index in [2.05, 4.69) is 17.0 Å². The molecule has 0 bridgehead atoms. The molecule has 150 valence electrons. The monoisotopic (exact) mass is 399 g/mol. The number of nitrogens with one attached hydrogen (secondary N) is 1. The van der Waals surface area contributed by atoms with Crippen molar-refractivity contribution in [3.05, 3.63) is 70.4 Å². The molecule has 0 saturated carbocycles. The number of hydrogen-bond acceptors (Lipinski definition) is 4. The first-order chi connectivity index (χ1) is 13.8. The first-order valence-corrected chi connectivity index (χ1v) is 8.76. The van der Waals surface area contributed by atoms with Gasteiger partial charge in [-0.25, -0.2) is 0 Å². The van der Waals surface area contributed by atoms with Crippen molar-refractivity contribution in [3.8, 4) is 11.8 Å². The maximum atomic E-state index is 12.9. The zero-order valence-electron chi connectivity index (χ0n) is 16.0. The second kappa shape index (κ2) is 9.60. The number of nitriles is 1. The van der Waals surface area contributed by atoms with E-state index in [1.165, 1.54) is 6.07 Å². The lowest BCUT2D eigenvalue weighted by Gasteiger charge is -2.14. The van der Waals surface area contributed by atoms with Crippen LogP contribution < -0.4 is 10.1 Å². The second-order valence-electron chi connectivity index (χ2n) is 5.86. The van der Waals surface area contributed by atoms with E-state index in [-0.39, 0.29) is 5.70 Å². The van der Waals surface area contributed by atoms with Crippen molar-refractivity contribution in [1.29, 1.82) is 5.26 Å². The van der Waals surface area contributed by atoms with Crippen LogP contribution in [0.1, 0.15) is 29.2 Å². The highest BCUT2D eigenvalue weighted by atomic mass is 19.4. The molecule has 0 aliphatic rings. The van der Waals surface area contributed by atoms with Gasteiger partial charge in [0.2, 0.25) is 0 Å². The minimum atomic E-state index is -4.41. The minimum absolute atomic E-state index is 0.222. The molecule has 2 aromatic rings. The summed E-state index contributed by atoms with van der Waals surface area (Å²) in [5, 5.41) is 12.1. The summed E-state index contributed by atoms with van der Waals surface area (Å²) in [5.74, 6) is 0.462. The van der Waals surface area contributed by atoms with Crippen molar-refractivity contribution in [1.82, 2.24) is 5.32 Å². The average Bonchev–Trinajstić information content (AvgIpc) is 2.71. The van der Waals surface area contributed by atoms with Gasteiger partial charge < -0.3 is 10.1 Å². The lowest BCUT2D eigenvalue weighted by Crippen LogP contribution is -2.07. The molecule has 2 rings (SSSR count). The van der Waals surface area contributed by atoms with Gasteiger partial charge in [-0.05, 0) is 37.4 Å². The van der Waals surface area contributed by atoms with Crippen molar-refractivity contribution < 1.29 is 17.9 Å². The van der Waals surface area contributed by atoms with Gasteiger partial charge in [0.05, 0.1) is 12.2 Å². The third kappa shape index (κ3) is 5.26. The average molecular weight is 399 g/mol. The molecule has 0 saturated heterocycles. The largest absolute Gasteiger partial charge is 0.493 e. The van der Waals surface area contributed by atoms with Crippen molar-refractivity contribution in [2.75, 3.05) is 13.7 Å². The van der Waals surface area contributed by atoms with Gasteiger partial charge in [-0.3, -0.25) is 4.99 Å². The van der Waals surface area contributed by atoms with Crippen molar-refractivity contribution >= 4 is 24.6 Å². The lowest BCUT2D eigenvalue weighted by atomic mass is 10.0. The quantitative estimate of drug-likeness (QED) is 0.386. The van der Waals surface area contributed by atoms with Gasteiger partial charge in [0, 0.05) is 18.2 Å². The summed E-state index contributed by atoms with van der Waals surface area (Å²) >= 11 is 0. The van der Waals surface area contributed by atoms with Crippen LogP contribution >= 0.6 is 0 Å². The maximum absolute atomic E-state index is 12.9. The summed E-state index contributed by atoms with van der Waals surface area (Å²) in [6.45, 7) is 5.70. The standard InChI is InChI=1S/C22H20F3N3O/c1-4-29-21-16(8-6-10-18(21)20(28-3)19(14-26)27-2)12-11-15-7-5-9-17(13-15)22(23,24)25/h5-13,27H,3-4H2,1-2H3/b12-11+,20-19-. The molecule has 0 aliphatic heterocycles.